The summed E-state index contributed by atoms with van der Waals surface area (Å²) in [7, 11) is 0. The van der Waals surface area contributed by atoms with Crippen LogP contribution in [0.5, 0.6) is 0 Å². The minimum absolute atomic E-state index is 1.21. The molecule has 0 unspecified atom stereocenters. The Labute approximate surface area is 61.2 Å². The molecule has 10 heavy (non-hydrogen) atoms. The van der Waals surface area contributed by atoms with E-state index in [2.05, 4.69) is 14.7 Å². The fourth-order valence-electron chi connectivity index (χ4n) is 2.38. The molecule has 0 amide bonds. The molecule has 0 N–H and O–H groups in total. The van der Waals surface area contributed by atoms with Crippen molar-refractivity contribution < 1.29 is 0 Å². The molecule has 1 radical (unpaired) electrons. The van der Waals surface area contributed by atoms with E-state index in [0.29, 0.717) is 0 Å². The molecular formula is C7H12N3. The third kappa shape index (κ3) is 0.654. The zero-order chi connectivity index (χ0) is 6.55. The molecule has 0 spiro atoms. The van der Waals surface area contributed by atoms with Crippen LogP contribution >= 0.6 is 0 Å². The maximum Gasteiger partial charge on any atom is 0.0530 e. The van der Waals surface area contributed by atoms with Gasteiger partial charge in [-0.2, -0.15) is 0 Å². The Bertz CT molecular complexity index is 100. The van der Waals surface area contributed by atoms with Crippen molar-refractivity contribution in [1.82, 2.24) is 14.7 Å². The van der Waals surface area contributed by atoms with Gasteiger partial charge in [0.2, 0.25) is 0 Å². The van der Waals surface area contributed by atoms with Gasteiger partial charge in [-0.05, 0) is 0 Å². The van der Waals surface area contributed by atoms with Crippen molar-refractivity contribution in [2.45, 2.75) is 0 Å². The Hall–Kier alpha value is -0.120. The summed E-state index contributed by atoms with van der Waals surface area (Å²) in [5.41, 5.74) is 0. The van der Waals surface area contributed by atoms with Gasteiger partial charge >= 0.3 is 0 Å². The van der Waals surface area contributed by atoms with Crippen LogP contribution < -0.4 is 0 Å². The summed E-state index contributed by atoms with van der Waals surface area (Å²) in [5, 5.41) is 0. The second kappa shape index (κ2) is 1.72. The predicted octanol–water partition coefficient (Wildman–Crippen LogP) is -0.620. The smallest absolute Gasteiger partial charge is 0.0530 e. The molecule has 0 saturated carbocycles. The van der Waals surface area contributed by atoms with Crippen molar-refractivity contribution in [1.29, 1.82) is 0 Å². The summed E-state index contributed by atoms with van der Waals surface area (Å²) in [6.45, 7) is 7.44. The second-order valence-electron chi connectivity index (χ2n) is 3.66. The normalized spacial score (nSPS) is 52.2. The highest BCUT2D eigenvalue weighted by atomic mass is 15.5. The molecule has 0 aliphatic carbocycles. The Morgan fingerprint density at radius 3 is 1.40 bits per heavy atom. The van der Waals surface area contributed by atoms with Crippen molar-refractivity contribution in [2.75, 3.05) is 39.6 Å². The van der Waals surface area contributed by atoms with Gasteiger partial charge in [0.1, 0.15) is 0 Å². The van der Waals surface area contributed by atoms with E-state index >= 15 is 0 Å². The fraction of sp³-hybridized carbons (Fsp3) is 0.857. The lowest BCUT2D eigenvalue weighted by atomic mass is 10.0. The molecule has 4 bridgehead atoms. The molecule has 4 aliphatic heterocycles. The van der Waals surface area contributed by atoms with Crippen LogP contribution in [0.2, 0.25) is 0 Å². The van der Waals surface area contributed by atoms with Crippen LogP contribution in [-0.4, -0.2) is 54.3 Å². The van der Waals surface area contributed by atoms with Crippen LogP contribution in [0.15, 0.2) is 0 Å². The highest BCUT2D eigenvalue weighted by Crippen LogP contribution is 2.26. The summed E-state index contributed by atoms with van der Waals surface area (Å²) < 4.78 is 0. The van der Waals surface area contributed by atoms with Crippen LogP contribution in [0, 0.1) is 5.92 Å². The third-order valence-corrected chi connectivity index (χ3v) is 2.54. The van der Waals surface area contributed by atoms with Crippen molar-refractivity contribution in [2.24, 2.45) is 0 Å². The summed E-state index contributed by atoms with van der Waals surface area (Å²) in [5.74, 6) is 1.71. The Morgan fingerprint density at radius 2 is 1.10 bits per heavy atom. The van der Waals surface area contributed by atoms with Crippen molar-refractivity contribution >= 4 is 0 Å². The predicted molar refractivity (Wildman–Crippen MR) is 38.0 cm³/mol. The van der Waals surface area contributed by atoms with E-state index in [1.165, 1.54) is 39.6 Å². The molecule has 4 heterocycles. The SMILES string of the molecule is C1[C]2CN3CN1CN(C2)C3. The van der Waals surface area contributed by atoms with Gasteiger partial charge in [0, 0.05) is 25.6 Å². The van der Waals surface area contributed by atoms with E-state index in [1.54, 1.807) is 5.92 Å². The standard InChI is InChI=1S/C7H12N3/c1-7-2-9-4-8(1)5-10(3-7)6-9/h1-6H2. The van der Waals surface area contributed by atoms with Crippen LogP contribution in [-0.2, 0) is 0 Å². The number of hydrogen-bond donors (Lipinski definition) is 0. The van der Waals surface area contributed by atoms with E-state index in [0.717, 1.165) is 0 Å². The van der Waals surface area contributed by atoms with Gasteiger partial charge in [-0.25, -0.2) is 0 Å². The van der Waals surface area contributed by atoms with Crippen LogP contribution in [0.4, 0.5) is 0 Å². The molecule has 0 atom stereocenters. The molecule has 55 valence electrons. The molecule has 4 aliphatic rings. The zero-order valence-corrected chi connectivity index (χ0v) is 6.08. The molecule has 0 aromatic carbocycles. The molecule has 0 aromatic rings. The molecule has 3 nitrogen and oxygen atoms in total. The molecule has 0 aromatic heterocycles. The number of rotatable bonds is 0. The molecule has 4 saturated heterocycles. The van der Waals surface area contributed by atoms with Gasteiger partial charge in [-0.1, -0.05) is 0 Å². The number of hydrogen-bond acceptors (Lipinski definition) is 3. The minimum atomic E-state index is 1.21. The average Bonchev–Trinajstić information content (AvgIpc) is 1.82. The van der Waals surface area contributed by atoms with Gasteiger partial charge in [0.25, 0.3) is 0 Å². The Balaban J connectivity index is 1.90. The number of nitrogens with zero attached hydrogens (tertiary/aromatic N) is 3. The van der Waals surface area contributed by atoms with Crippen LogP contribution in [0.1, 0.15) is 0 Å². The largest absolute Gasteiger partial charge is 0.277 e. The third-order valence-electron chi connectivity index (χ3n) is 2.54. The highest BCUT2D eigenvalue weighted by molar-refractivity contribution is 5.07. The van der Waals surface area contributed by atoms with Gasteiger partial charge in [-0.3, -0.25) is 14.7 Å². The van der Waals surface area contributed by atoms with E-state index in [1.807, 2.05) is 0 Å². The first-order chi connectivity index (χ1) is 4.90. The molecule has 4 fully saturated rings. The lowest BCUT2D eigenvalue weighted by molar-refractivity contribution is -0.0846. The lowest BCUT2D eigenvalue weighted by Gasteiger charge is -2.54. The first kappa shape index (κ1) is 5.52. The maximum absolute atomic E-state index is 2.51. The van der Waals surface area contributed by atoms with E-state index in [-0.39, 0.29) is 0 Å². The van der Waals surface area contributed by atoms with E-state index in [4.69, 9.17) is 0 Å². The van der Waals surface area contributed by atoms with Crippen molar-refractivity contribution in [3.8, 4) is 0 Å². The monoisotopic (exact) mass is 138 g/mol. The van der Waals surface area contributed by atoms with Crippen molar-refractivity contribution in [3.63, 3.8) is 0 Å². The highest BCUT2D eigenvalue weighted by Gasteiger charge is 2.38. The summed E-state index contributed by atoms with van der Waals surface area (Å²) >= 11 is 0. The average molecular weight is 138 g/mol. The van der Waals surface area contributed by atoms with Gasteiger partial charge in [0.05, 0.1) is 20.0 Å². The van der Waals surface area contributed by atoms with E-state index in [9.17, 15) is 0 Å². The van der Waals surface area contributed by atoms with Crippen LogP contribution in [0.3, 0.4) is 0 Å². The molecule has 3 heteroatoms. The first-order valence-corrected chi connectivity index (χ1v) is 3.91. The lowest BCUT2D eigenvalue weighted by Crippen LogP contribution is -2.67. The maximum atomic E-state index is 2.51. The van der Waals surface area contributed by atoms with E-state index < -0.39 is 0 Å². The molecular weight excluding hydrogens is 126 g/mol. The summed E-state index contributed by atoms with van der Waals surface area (Å²) in [6.07, 6.45) is 0. The van der Waals surface area contributed by atoms with Crippen LogP contribution in [0.25, 0.3) is 0 Å². The van der Waals surface area contributed by atoms with Gasteiger partial charge < -0.3 is 0 Å². The zero-order valence-electron chi connectivity index (χ0n) is 6.08. The quantitative estimate of drug-likeness (QED) is 0.442. The Kier molecular flexibility index (Phi) is 0.952. The van der Waals surface area contributed by atoms with Crippen molar-refractivity contribution in [3.05, 3.63) is 5.92 Å². The second-order valence-corrected chi connectivity index (χ2v) is 3.66. The molecule has 4 rings (SSSR count). The topological polar surface area (TPSA) is 9.72 Å². The summed E-state index contributed by atoms with van der Waals surface area (Å²) in [6, 6.07) is 0. The Morgan fingerprint density at radius 1 is 0.700 bits per heavy atom. The first-order valence-electron chi connectivity index (χ1n) is 3.91. The summed E-state index contributed by atoms with van der Waals surface area (Å²) in [4.78, 5) is 7.52. The van der Waals surface area contributed by atoms with Gasteiger partial charge in [-0.15, -0.1) is 0 Å². The minimum Gasteiger partial charge on any atom is -0.277 e. The van der Waals surface area contributed by atoms with Gasteiger partial charge in [0.15, 0.2) is 0 Å². The fourth-order valence-corrected chi connectivity index (χ4v) is 2.38.